The second-order valence-corrected chi connectivity index (χ2v) is 8.02. The van der Waals surface area contributed by atoms with Gasteiger partial charge < -0.3 is 25.6 Å². The van der Waals surface area contributed by atoms with Gasteiger partial charge in [0, 0.05) is 32.6 Å². The van der Waals surface area contributed by atoms with E-state index in [1.54, 1.807) is 39.2 Å². The molecule has 35 heavy (non-hydrogen) atoms. The third-order valence-corrected chi connectivity index (χ3v) is 4.99. The molecule has 0 aliphatic carbocycles. The number of carbonyl (C=O) groups is 1. The van der Waals surface area contributed by atoms with Crippen LogP contribution in [0.4, 0.5) is 17.5 Å². The average molecular weight is 496 g/mol. The molecule has 10 nitrogen and oxygen atoms in total. The number of nitrogens with zero attached hydrogens (tertiary/aromatic N) is 5. The van der Waals surface area contributed by atoms with Crippen LogP contribution in [0.25, 0.3) is 11.5 Å². The number of hydrogen-bond donors (Lipinski definition) is 3. The summed E-state index contributed by atoms with van der Waals surface area (Å²) >= 11 is 6.19. The van der Waals surface area contributed by atoms with Gasteiger partial charge in [-0.15, -0.1) is 0 Å². The van der Waals surface area contributed by atoms with Crippen LogP contribution in [-0.4, -0.2) is 56.7 Å². The second kappa shape index (κ2) is 11.9. The van der Waals surface area contributed by atoms with Crippen LogP contribution < -0.4 is 11.1 Å². The summed E-state index contributed by atoms with van der Waals surface area (Å²) in [6, 6.07) is 14.9. The van der Waals surface area contributed by atoms with E-state index < -0.39 is 0 Å². The van der Waals surface area contributed by atoms with Gasteiger partial charge in [-0.2, -0.15) is 9.97 Å². The fraction of sp³-hybridized carbons (Fsp3) is 0.208. The highest BCUT2D eigenvalue weighted by Gasteiger charge is 2.15. The number of aromatic nitrogens is 4. The number of aryl methyl sites for hydroxylation is 1. The number of carbonyl (C=O) groups excluding carboxylic acids is 1. The normalized spacial score (nSPS) is 10.3. The van der Waals surface area contributed by atoms with Gasteiger partial charge >= 0.3 is 0 Å². The van der Waals surface area contributed by atoms with Crippen molar-refractivity contribution in [2.45, 2.75) is 13.3 Å². The highest BCUT2D eigenvalue weighted by molar-refractivity contribution is 6.34. The van der Waals surface area contributed by atoms with Crippen LogP contribution in [0.2, 0.25) is 5.02 Å². The van der Waals surface area contributed by atoms with E-state index in [0.717, 1.165) is 6.42 Å². The van der Waals surface area contributed by atoms with Crippen LogP contribution in [0, 0.1) is 6.92 Å². The van der Waals surface area contributed by atoms with Gasteiger partial charge in [-0.1, -0.05) is 47.1 Å². The number of hydrogen-bond acceptors (Lipinski definition) is 9. The third-order valence-electron chi connectivity index (χ3n) is 4.68. The number of aliphatic hydroxyl groups is 1. The largest absolute Gasteiger partial charge is 0.396 e. The zero-order chi connectivity index (χ0) is 25.4. The van der Waals surface area contributed by atoms with Crippen LogP contribution in [0.3, 0.4) is 0 Å². The lowest BCUT2D eigenvalue weighted by Crippen LogP contribution is -2.21. The molecule has 0 saturated carbocycles. The molecule has 0 saturated heterocycles. The molecule has 0 fully saturated rings. The molecular weight excluding hydrogens is 470 g/mol. The van der Waals surface area contributed by atoms with Crippen LogP contribution in [0.1, 0.15) is 21.7 Å². The lowest BCUT2D eigenvalue weighted by Gasteiger charge is -2.13. The van der Waals surface area contributed by atoms with Gasteiger partial charge in [0.1, 0.15) is 11.4 Å². The first-order valence-corrected chi connectivity index (χ1v) is 11.0. The van der Waals surface area contributed by atoms with Gasteiger partial charge in [-0.3, -0.25) is 4.79 Å². The maximum atomic E-state index is 12.0. The molecule has 0 aliphatic rings. The number of anilines is 3. The van der Waals surface area contributed by atoms with Gasteiger partial charge in [-0.05, 0) is 37.1 Å². The quantitative estimate of drug-likeness (QED) is 0.364. The van der Waals surface area contributed by atoms with Gasteiger partial charge in [0.25, 0.3) is 11.8 Å². The highest BCUT2D eigenvalue weighted by atomic mass is 35.5. The van der Waals surface area contributed by atoms with E-state index in [2.05, 4.69) is 25.4 Å². The fourth-order valence-corrected chi connectivity index (χ4v) is 3.20. The standard InChI is InChI=1S/C16H16ClN7O2.C8H10O/c1-8-20-14(26-23-8)11-7-19-16(22-13(11)18)21-9-4-5-10(12(17)6-9)15(25)24(2)3;9-7-6-8-4-2-1-3-5-8/h4-7H,1-3H3,(H3,18,19,21,22);1-5,9H,6-7H2. The Morgan fingerprint density at radius 3 is 2.49 bits per heavy atom. The van der Waals surface area contributed by atoms with Crippen LogP contribution in [-0.2, 0) is 6.42 Å². The molecule has 2 aromatic heterocycles. The summed E-state index contributed by atoms with van der Waals surface area (Å²) < 4.78 is 5.07. The van der Waals surface area contributed by atoms with Crippen molar-refractivity contribution in [1.82, 2.24) is 25.0 Å². The van der Waals surface area contributed by atoms with Gasteiger partial charge in [0.15, 0.2) is 5.82 Å². The number of halogens is 1. The minimum atomic E-state index is -0.179. The average Bonchev–Trinajstić information content (AvgIpc) is 3.26. The summed E-state index contributed by atoms with van der Waals surface area (Å²) in [4.78, 5) is 25.9. The molecular formula is C24H26ClN7O3. The molecule has 0 unspecified atom stereocenters. The van der Waals surface area contributed by atoms with Crippen molar-refractivity contribution in [3.63, 3.8) is 0 Å². The summed E-state index contributed by atoms with van der Waals surface area (Å²) in [6.07, 6.45) is 2.25. The number of aliphatic hydroxyl groups excluding tert-OH is 1. The second-order valence-electron chi connectivity index (χ2n) is 7.62. The minimum Gasteiger partial charge on any atom is -0.396 e. The summed E-state index contributed by atoms with van der Waals surface area (Å²) in [6.45, 7) is 1.94. The number of benzene rings is 2. The molecule has 0 radical (unpaired) electrons. The minimum absolute atomic E-state index is 0.179. The molecule has 2 heterocycles. The fourth-order valence-electron chi connectivity index (χ4n) is 2.94. The van der Waals surface area contributed by atoms with E-state index >= 15 is 0 Å². The predicted molar refractivity (Wildman–Crippen MR) is 134 cm³/mol. The Bertz CT molecular complexity index is 1280. The summed E-state index contributed by atoms with van der Waals surface area (Å²) in [5.74, 6) is 1.02. The van der Waals surface area contributed by atoms with E-state index in [-0.39, 0.29) is 30.2 Å². The maximum Gasteiger partial charge on any atom is 0.263 e. The molecule has 0 atom stereocenters. The van der Waals surface area contributed by atoms with Crippen molar-refractivity contribution in [1.29, 1.82) is 0 Å². The Balaban J connectivity index is 0.000000320. The molecule has 1 amide bonds. The lowest BCUT2D eigenvalue weighted by molar-refractivity contribution is 0.0828. The molecule has 0 bridgehead atoms. The number of nitrogen functional groups attached to an aromatic ring is 1. The van der Waals surface area contributed by atoms with Crippen molar-refractivity contribution in [2.75, 3.05) is 31.8 Å². The highest BCUT2D eigenvalue weighted by Crippen LogP contribution is 2.26. The Labute approximate surface area is 207 Å². The number of rotatable bonds is 6. The molecule has 0 spiro atoms. The first kappa shape index (κ1) is 25.6. The monoisotopic (exact) mass is 495 g/mol. The van der Waals surface area contributed by atoms with E-state index in [0.29, 0.717) is 27.7 Å². The van der Waals surface area contributed by atoms with Crippen molar-refractivity contribution < 1.29 is 14.4 Å². The van der Waals surface area contributed by atoms with Crippen molar-refractivity contribution in [2.24, 2.45) is 0 Å². The first-order chi connectivity index (χ1) is 16.8. The molecule has 11 heteroatoms. The molecule has 4 aromatic rings. The van der Waals surface area contributed by atoms with Crippen molar-refractivity contribution >= 4 is 35.0 Å². The van der Waals surface area contributed by atoms with Gasteiger partial charge in [0.05, 0.1) is 10.6 Å². The number of amides is 1. The summed E-state index contributed by atoms with van der Waals surface area (Å²) in [5, 5.41) is 15.5. The smallest absolute Gasteiger partial charge is 0.263 e. The lowest BCUT2D eigenvalue weighted by atomic mass is 10.2. The number of nitrogens with two attached hydrogens (primary N) is 1. The van der Waals surface area contributed by atoms with Crippen LogP contribution >= 0.6 is 11.6 Å². The van der Waals surface area contributed by atoms with Gasteiger partial charge in [0.2, 0.25) is 5.95 Å². The molecule has 0 aliphatic heterocycles. The Hall–Kier alpha value is -4.02. The molecule has 182 valence electrons. The maximum absolute atomic E-state index is 12.0. The van der Waals surface area contributed by atoms with Crippen LogP contribution in [0.5, 0.6) is 0 Å². The van der Waals surface area contributed by atoms with Crippen molar-refractivity contribution in [3.05, 3.63) is 76.7 Å². The van der Waals surface area contributed by atoms with E-state index in [1.165, 1.54) is 16.7 Å². The zero-order valence-electron chi connectivity index (χ0n) is 19.6. The summed E-state index contributed by atoms with van der Waals surface area (Å²) in [5.41, 5.74) is 8.61. The Kier molecular flexibility index (Phi) is 8.71. The summed E-state index contributed by atoms with van der Waals surface area (Å²) in [7, 11) is 3.32. The topological polar surface area (TPSA) is 143 Å². The molecule has 2 aromatic carbocycles. The Morgan fingerprint density at radius 1 is 1.17 bits per heavy atom. The Morgan fingerprint density at radius 2 is 1.91 bits per heavy atom. The van der Waals surface area contributed by atoms with Crippen LogP contribution in [0.15, 0.2) is 59.3 Å². The third kappa shape index (κ3) is 6.98. The van der Waals surface area contributed by atoms with E-state index in [4.69, 9.17) is 27.0 Å². The SMILES string of the molecule is Cc1noc(-c2cnc(Nc3ccc(C(=O)N(C)C)c(Cl)c3)nc2N)n1.OCCc1ccccc1. The van der Waals surface area contributed by atoms with E-state index in [1.807, 2.05) is 30.3 Å². The van der Waals surface area contributed by atoms with Gasteiger partial charge in [-0.25, -0.2) is 4.98 Å². The molecule has 4 N–H and O–H groups in total. The van der Waals surface area contributed by atoms with E-state index in [9.17, 15) is 4.79 Å². The zero-order valence-corrected chi connectivity index (χ0v) is 20.3. The predicted octanol–water partition coefficient (Wildman–Crippen LogP) is 3.74. The molecule has 4 rings (SSSR count). The first-order valence-electron chi connectivity index (χ1n) is 10.6. The van der Waals surface area contributed by atoms with Crippen molar-refractivity contribution in [3.8, 4) is 11.5 Å². The number of nitrogens with one attached hydrogen (secondary N) is 1.